The maximum atomic E-state index is 9.53. The highest BCUT2D eigenvalue weighted by Crippen LogP contribution is 2.22. The van der Waals surface area contributed by atoms with Gasteiger partial charge < -0.3 is 15.7 Å². The first-order valence-corrected chi connectivity index (χ1v) is 7.21. The van der Waals surface area contributed by atoms with Crippen LogP contribution in [0, 0.1) is 0 Å². The highest BCUT2D eigenvalue weighted by Gasteiger charge is 2.19. The van der Waals surface area contributed by atoms with Crippen LogP contribution in [0.1, 0.15) is 44.9 Å². The Kier molecular flexibility index (Phi) is 4.96. The second-order valence-electron chi connectivity index (χ2n) is 5.20. The van der Waals surface area contributed by atoms with Gasteiger partial charge in [0, 0.05) is 25.6 Å². The highest BCUT2D eigenvalue weighted by molar-refractivity contribution is 5.47. The summed E-state index contributed by atoms with van der Waals surface area (Å²) in [5.74, 6) is 2.63. The number of nitrogens with one attached hydrogen (secondary N) is 2. The molecule has 0 bridgehead atoms. The summed E-state index contributed by atoms with van der Waals surface area (Å²) in [6.07, 6.45) is 5.58. The molecule has 1 aliphatic rings. The van der Waals surface area contributed by atoms with Gasteiger partial charge in [-0.3, -0.25) is 0 Å². The van der Waals surface area contributed by atoms with Crippen LogP contribution in [0.25, 0.3) is 0 Å². The predicted molar refractivity (Wildman–Crippen MR) is 77.5 cm³/mol. The van der Waals surface area contributed by atoms with Crippen LogP contribution in [-0.4, -0.2) is 34.3 Å². The summed E-state index contributed by atoms with van der Waals surface area (Å²) in [5, 5.41) is 16.1. The average Bonchev–Trinajstić information content (AvgIpc) is 2.41. The number of aliphatic hydroxyl groups is 1. The minimum atomic E-state index is -0.119. The first kappa shape index (κ1) is 14.1. The molecule has 1 aromatic heterocycles. The third kappa shape index (κ3) is 4.06. The van der Waals surface area contributed by atoms with Crippen molar-refractivity contribution in [3.05, 3.63) is 11.9 Å². The van der Waals surface area contributed by atoms with E-state index in [0.717, 1.165) is 56.0 Å². The van der Waals surface area contributed by atoms with E-state index in [9.17, 15) is 5.11 Å². The van der Waals surface area contributed by atoms with Crippen LogP contribution in [0.3, 0.4) is 0 Å². The molecule has 5 heteroatoms. The molecule has 1 heterocycles. The van der Waals surface area contributed by atoms with Crippen molar-refractivity contribution in [2.24, 2.45) is 0 Å². The van der Waals surface area contributed by atoms with Crippen LogP contribution in [0.5, 0.6) is 0 Å². The minimum Gasteiger partial charge on any atom is -0.393 e. The van der Waals surface area contributed by atoms with E-state index in [2.05, 4.69) is 27.5 Å². The molecule has 0 aromatic carbocycles. The zero-order valence-electron chi connectivity index (χ0n) is 11.8. The van der Waals surface area contributed by atoms with Gasteiger partial charge in [0.15, 0.2) is 0 Å². The summed E-state index contributed by atoms with van der Waals surface area (Å²) in [6.45, 7) is 2.13. The maximum Gasteiger partial charge on any atom is 0.133 e. The van der Waals surface area contributed by atoms with Crippen molar-refractivity contribution in [1.29, 1.82) is 0 Å². The Morgan fingerprint density at radius 2 is 1.89 bits per heavy atom. The van der Waals surface area contributed by atoms with Crippen LogP contribution in [0.2, 0.25) is 0 Å². The van der Waals surface area contributed by atoms with Crippen molar-refractivity contribution in [2.45, 2.75) is 57.6 Å². The van der Waals surface area contributed by atoms with E-state index in [1.165, 1.54) is 0 Å². The largest absolute Gasteiger partial charge is 0.393 e. The first-order chi connectivity index (χ1) is 9.21. The monoisotopic (exact) mass is 264 g/mol. The molecular weight excluding hydrogens is 240 g/mol. The maximum absolute atomic E-state index is 9.53. The predicted octanol–water partition coefficient (Wildman–Crippen LogP) is 2.19. The lowest BCUT2D eigenvalue weighted by Gasteiger charge is -2.26. The van der Waals surface area contributed by atoms with Gasteiger partial charge in [0.1, 0.15) is 17.5 Å². The molecular formula is C14H24N4O. The van der Waals surface area contributed by atoms with E-state index in [1.54, 1.807) is 0 Å². The van der Waals surface area contributed by atoms with E-state index in [1.807, 2.05) is 13.1 Å². The molecule has 1 fully saturated rings. The Balaban J connectivity index is 2.04. The Labute approximate surface area is 114 Å². The molecule has 0 amide bonds. The van der Waals surface area contributed by atoms with Gasteiger partial charge in [-0.1, -0.05) is 6.92 Å². The molecule has 1 aliphatic carbocycles. The number of nitrogens with zero attached hydrogens (tertiary/aromatic N) is 2. The minimum absolute atomic E-state index is 0.119. The summed E-state index contributed by atoms with van der Waals surface area (Å²) in [7, 11) is 1.87. The highest BCUT2D eigenvalue weighted by atomic mass is 16.3. The van der Waals surface area contributed by atoms with Crippen LogP contribution in [0.15, 0.2) is 6.07 Å². The normalized spacial score (nSPS) is 23.1. The summed E-state index contributed by atoms with van der Waals surface area (Å²) in [5.41, 5.74) is 0. The van der Waals surface area contributed by atoms with Crippen molar-refractivity contribution < 1.29 is 5.11 Å². The molecule has 3 N–H and O–H groups in total. The second kappa shape index (κ2) is 6.70. The fourth-order valence-corrected chi connectivity index (χ4v) is 2.46. The third-order valence-corrected chi connectivity index (χ3v) is 3.55. The quantitative estimate of drug-likeness (QED) is 0.760. The Morgan fingerprint density at radius 3 is 2.53 bits per heavy atom. The third-order valence-electron chi connectivity index (χ3n) is 3.55. The Bertz CT molecular complexity index is 402. The van der Waals surface area contributed by atoms with Gasteiger partial charge in [0.25, 0.3) is 0 Å². The lowest BCUT2D eigenvalue weighted by molar-refractivity contribution is 0.126. The Hall–Kier alpha value is -1.36. The van der Waals surface area contributed by atoms with Crippen molar-refractivity contribution in [3.8, 4) is 0 Å². The van der Waals surface area contributed by atoms with E-state index in [4.69, 9.17) is 0 Å². The van der Waals surface area contributed by atoms with Gasteiger partial charge in [0.2, 0.25) is 0 Å². The molecule has 1 saturated carbocycles. The van der Waals surface area contributed by atoms with Gasteiger partial charge in [0.05, 0.1) is 6.10 Å². The number of anilines is 2. The molecule has 2 rings (SSSR count). The SMILES string of the molecule is CCCc1nc(NC)cc(NC2CCC(O)CC2)n1. The summed E-state index contributed by atoms with van der Waals surface area (Å²) in [6, 6.07) is 2.36. The first-order valence-electron chi connectivity index (χ1n) is 7.21. The van der Waals surface area contributed by atoms with E-state index >= 15 is 0 Å². The molecule has 0 saturated heterocycles. The number of aromatic nitrogens is 2. The van der Waals surface area contributed by atoms with Crippen LogP contribution < -0.4 is 10.6 Å². The summed E-state index contributed by atoms with van der Waals surface area (Å²) >= 11 is 0. The molecule has 1 aromatic rings. The molecule has 106 valence electrons. The lowest BCUT2D eigenvalue weighted by atomic mass is 9.93. The number of aliphatic hydroxyl groups excluding tert-OH is 1. The van der Waals surface area contributed by atoms with Crippen molar-refractivity contribution in [3.63, 3.8) is 0 Å². The topological polar surface area (TPSA) is 70.1 Å². The summed E-state index contributed by atoms with van der Waals surface area (Å²) in [4.78, 5) is 9.00. The average molecular weight is 264 g/mol. The van der Waals surface area contributed by atoms with Crippen molar-refractivity contribution >= 4 is 11.6 Å². The zero-order chi connectivity index (χ0) is 13.7. The standard InChI is InChI=1S/C14H24N4O/c1-3-4-12-17-13(15-2)9-14(18-12)16-10-5-7-11(19)8-6-10/h9-11,19H,3-8H2,1-2H3,(H2,15,16,17,18). The fraction of sp³-hybridized carbons (Fsp3) is 0.714. The number of rotatable bonds is 5. The molecule has 19 heavy (non-hydrogen) atoms. The van der Waals surface area contributed by atoms with Crippen LogP contribution >= 0.6 is 0 Å². The van der Waals surface area contributed by atoms with Crippen molar-refractivity contribution in [1.82, 2.24) is 9.97 Å². The Morgan fingerprint density at radius 1 is 1.21 bits per heavy atom. The lowest BCUT2D eigenvalue weighted by Crippen LogP contribution is -2.28. The summed E-state index contributed by atoms with van der Waals surface area (Å²) < 4.78 is 0. The van der Waals surface area contributed by atoms with Gasteiger partial charge >= 0.3 is 0 Å². The van der Waals surface area contributed by atoms with Gasteiger partial charge in [-0.25, -0.2) is 9.97 Å². The molecule has 0 atom stereocenters. The van der Waals surface area contributed by atoms with Gasteiger partial charge in [-0.15, -0.1) is 0 Å². The van der Waals surface area contributed by atoms with Crippen LogP contribution in [-0.2, 0) is 6.42 Å². The van der Waals surface area contributed by atoms with E-state index in [-0.39, 0.29) is 6.10 Å². The van der Waals surface area contributed by atoms with Gasteiger partial charge in [-0.05, 0) is 32.1 Å². The second-order valence-corrected chi connectivity index (χ2v) is 5.20. The van der Waals surface area contributed by atoms with E-state index < -0.39 is 0 Å². The smallest absolute Gasteiger partial charge is 0.133 e. The van der Waals surface area contributed by atoms with E-state index in [0.29, 0.717) is 6.04 Å². The molecule has 0 radical (unpaired) electrons. The van der Waals surface area contributed by atoms with Gasteiger partial charge in [-0.2, -0.15) is 0 Å². The number of hydrogen-bond acceptors (Lipinski definition) is 5. The number of aryl methyl sites for hydroxylation is 1. The van der Waals surface area contributed by atoms with Crippen LogP contribution in [0.4, 0.5) is 11.6 Å². The molecule has 0 aliphatic heterocycles. The van der Waals surface area contributed by atoms with Crippen molar-refractivity contribution in [2.75, 3.05) is 17.7 Å². The zero-order valence-corrected chi connectivity index (χ0v) is 11.8. The molecule has 0 spiro atoms. The molecule has 5 nitrogen and oxygen atoms in total. The fourth-order valence-electron chi connectivity index (χ4n) is 2.46. The molecule has 0 unspecified atom stereocenters. The number of hydrogen-bond donors (Lipinski definition) is 3.